The number of rotatable bonds is 2. The second-order valence-corrected chi connectivity index (χ2v) is 5.37. The van der Waals surface area contributed by atoms with Crippen molar-refractivity contribution < 1.29 is 0 Å². The fourth-order valence-electron chi connectivity index (χ4n) is 2.21. The van der Waals surface area contributed by atoms with E-state index in [1.807, 2.05) is 13.1 Å². The number of piperidine rings is 1. The summed E-state index contributed by atoms with van der Waals surface area (Å²) < 4.78 is 0. The molecule has 17 heavy (non-hydrogen) atoms. The molecule has 2 unspecified atom stereocenters. The van der Waals surface area contributed by atoms with Gasteiger partial charge in [-0.15, -0.1) is 11.6 Å². The number of hydrogen-bond donors (Lipinski definition) is 0. The highest BCUT2D eigenvalue weighted by molar-refractivity contribution is 6.17. The topological polar surface area (TPSA) is 29.0 Å². The van der Waals surface area contributed by atoms with Gasteiger partial charge < -0.3 is 4.90 Å². The summed E-state index contributed by atoms with van der Waals surface area (Å²) in [7, 11) is 0. The fraction of sp³-hybridized carbons (Fsp3) is 0.692. The van der Waals surface area contributed by atoms with Crippen LogP contribution in [0.1, 0.15) is 31.5 Å². The first kappa shape index (κ1) is 12.6. The van der Waals surface area contributed by atoms with Crippen LogP contribution < -0.4 is 4.90 Å². The molecule has 4 heteroatoms. The minimum Gasteiger partial charge on any atom is -0.341 e. The molecule has 0 amide bonds. The van der Waals surface area contributed by atoms with Crippen LogP contribution in [0.3, 0.4) is 0 Å². The summed E-state index contributed by atoms with van der Waals surface area (Å²) in [5, 5.41) is 0. The van der Waals surface area contributed by atoms with Crippen LogP contribution in [0.2, 0.25) is 0 Å². The Morgan fingerprint density at radius 1 is 1.41 bits per heavy atom. The number of halogens is 1. The van der Waals surface area contributed by atoms with Crippen molar-refractivity contribution in [3.63, 3.8) is 0 Å². The fourth-order valence-corrected chi connectivity index (χ4v) is 2.47. The lowest BCUT2D eigenvalue weighted by Gasteiger charge is -2.35. The van der Waals surface area contributed by atoms with Crippen LogP contribution in [0.15, 0.2) is 6.20 Å². The average Bonchev–Trinajstić information content (AvgIpc) is 2.32. The molecule has 3 nitrogen and oxygen atoms in total. The standard InChI is InChI=1S/C13H20ClN3/c1-9-4-5-17(8-10(9)2)13-15-7-12(6-14)11(3)16-13/h7,9-10H,4-6,8H2,1-3H3. The summed E-state index contributed by atoms with van der Waals surface area (Å²) in [6.07, 6.45) is 3.08. The molecule has 2 heterocycles. The highest BCUT2D eigenvalue weighted by Gasteiger charge is 2.24. The van der Waals surface area contributed by atoms with Gasteiger partial charge in [0.25, 0.3) is 0 Å². The van der Waals surface area contributed by atoms with E-state index in [-0.39, 0.29) is 0 Å². The number of aromatic nitrogens is 2. The van der Waals surface area contributed by atoms with E-state index in [1.165, 1.54) is 6.42 Å². The zero-order chi connectivity index (χ0) is 12.4. The van der Waals surface area contributed by atoms with E-state index in [0.717, 1.165) is 36.2 Å². The van der Waals surface area contributed by atoms with Crippen molar-refractivity contribution in [2.45, 2.75) is 33.1 Å². The van der Waals surface area contributed by atoms with Gasteiger partial charge >= 0.3 is 0 Å². The van der Waals surface area contributed by atoms with Crippen LogP contribution in [-0.2, 0) is 5.88 Å². The maximum atomic E-state index is 5.82. The van der Waals surface area contributed by atoms with Crippen LogP contribution in [0, 0.1) is 18.8 Å². The van der Waals surface area contributed by atoms with Gasteiger partial charge in [0.05, 0.1) is 5.88 Å². The Hall–Kier alpha value is -0.830. The van der Waals surface area contributed by atoms with E-state index >= 15 is 0 Å². The van der Waals surface area contributed by atoms with Gasteiger partial charge in [-0.3, -0.25) is 0 Å². The molecule has 94 valence electrons. The van der Waals surface area contributed by atoms with Crippen LogP contribution in [-0.4, -0.2) is 23.1 Å². The lowest BCUT2D eigenvalue weighted by Crippen LogP contribution is -2.39. The SMILES string of the molecule is Cc1nc(N2CCC(C)C(C)C2)ncc1CCl. The molecule has 0 spiro atoms. The Balaban J connectivity index is 2.15. The first-order valence-corrected chi connectivity index (χ1v) is 6.78. The normalized spacial score (nSPS) is 25.1. The predicted molar refractivity (Wildman–Crippen MR) is 71.5 cm³/mol. The minimum atomic E-state index is 0.486. The highest BCUT2D eigenvalue weighted by atomic mass is 35.5. The van der Waals surface area contributed by atoms with Gasteiger partial charge in [0, 0.05) is 30.5 Å². The second kappa shape index (κ2) is 5.21. The van der Waals surface area contributed by atoms with Gasteiger partial charge in [0.2, 0.25) is 5.95 Å². The monoisotopic (exact) mass is 253 g/mol. The Labute approximate surface area is 108 Å². The first-order chi connectivity index (χ1) is 8.11. The van der Waals surface area contributed by atoms with E-state index in [0.29, 0.717) is 11.8 Å². The summed E-state index contributed by atoms with van der Waals surface area (Å²) in [5.41, 5.74) is 2.02. The van der Waals surface area contributed by atoms with Gasteiger partial charge in [0.15, 0.2) is 0 Å². The third-order valence-electron chi connectivity index (χ3n) is 3.83. The van der Waals surface area contributed by atoms with Crippen LogP contribution in [0.5, 0.6) is 0 Å². The van der Waals surface area contributed by atoms with Crippen molar-refractivity contribution in [3.05, 3.63) is 17.5 Å². The Kier molecular flexibility index (Phi) is 3.87. The zero-order valence-corrected chi connectivity index (χ0v) is 11.5. The molecule has 0 radical (unpaired) electrons. The number of aryl methyl sites for hydroxylation is 1. The van der Waals surface area contributed by atoms with Gasteiger partial charge in [0.1, 0.15) is 0 Å². The number of nitrogens with zero attached hydrogens (tertiary/aromatic N) is 3. The van der Waals surface area contributed by atoms with Crippen molar-refractivity contribution in [1.29, 1.82) is 0 Å². The van der Waals surface area contributed by atoms with Crippen LogP contribution >= 0.6 is 11.6 Å². The molecule has 1 aliphatic heterocycles. The van der Waals surface area contributed by atoms with Gasteiger partial charge in [-0.2, -0.15) is 0 Å². The summed E-state index contributed by atoms with van der Waals surface area (Å²) in [6, 6.07) is 0. The van der Waals surface area contributed by atoms with Crippen molar-refractivity contribution >= 4 is 17.5 Å². The van der Waals surface area contributed by atoms with E-state index < -0.39 is 0 Å². The number of hydrogen-bond acceptors (Lipinski definition) is 3. The summed E-state index contributed by atoms with van der Waals surface area (Å²) in [6.45, 7) is 8.74. The van der Waals surface area contributed by atoms with E-state index in [9.17, 15) is 0 Å². The summed E-state index contributed by atoms with van der Waals surface area (Å²) >= 11 is 5.82. The van der Waals surface area contributed by atoms with E-state index in [4.69, 9.17) is 11.6 Å². The zero-order valence-electron chi connectivity index (χ0n) is 10.8. The van der Waals surface area contributed by atoms with Crippen molar-refractivity contribution in [3.8, 4) is 0 Å². The molecule has 2 atom stereocenters. The molecule has 0 N–H and O–H groups in total. The van der Waals surface area contributed by atoms with E-state index in [1.54, 1.807) is 0 Å². The summed E-state index contributed by atoms with van der Waals surface area (Å²) in [4.78, 5) is 11.3. The van der Waals surface area contributed by atoms with Gasteiger partial charge in [-0.25, -0.2) is 9.97 Å². The molecule has 1 aromatic rings. The van der Waals surface area contributed by atoms with Crippen LogP contribution in [0.25, 0.3) is 0 Å². The van der Waals surface area contributed by atoms with Crippen molar-refractivity contribution in [2.75, 3.05) is 18.0 Å². The molecule has 1 fully saturated rings. The smallest absolute Gasteiger partial charge is 0.225 e. The van der Waals surface area contributed by atoms with Crippen molar-refractivity contribution in [1.82, 2.24) is 9.97 Å². The molecular formula is C13H20ClN3. The van der Waals surface area contributed by atoms with E-state index in [2.05, 4.69) is 28.7 Å². The lowest BCUT2D eigenvalue weighted by molar-refractivity contribution is 0.321. The third kappa shape index (κ3) is 2.71. The second-order valence-electron chi connectivity index (χ2n) is 5.10. The maximum absolute atomic E-state index is 5.82. The molecule has 0 aromatic carbocycles. The molecular weight excluding hydrogens is 234 g/mol. The number of alkyl halides is 1. The Morgan fingerprint density at radius 3 is 2.76 bits per heavy atom. The lowest BCUT2D eigenvalue weighted by atomic mass is 9.89. The largest absolute Gasteiger partial charge is 0.341 e. The minimum absolute atomic E-state index is 0.486. The molecule has 1 aliphatic rings. The van der Waals surface area contributed by atoms with Crippen LogP contribution in [0.4, 0.5) is 5.95 Å². The molecule has 1 aromatic heterocycles. The highest BCUT2D eigenvalue weighted by Crippen LogP contribution is 2.25. The first-order valence-electron chi connectivity index (χ1n) is 6.25. The quantitative estimate of drug-likeness (QED) is 0.759. The van der Waals surface area contributed by atoms with Gasteiger partial charge in [-0.1, -0.05) is 13.8 Å². The van der Waals surface area contributed by atoms with Gasteiger partial charge in [-0.05, 0) is 25.2 Å². The maximum Gasteiger partial charge on any atom is 0.225 e. The summed E-state index contributed by atoms with van der Waals surface area (Å²) in [5.74, 6) is 2.85. The Bertz CT molecular complexity index is 394. The predicted octanol–water partition coefficient (Wildman–Crippen LogP) is 3.01. The molecule has 2 rings (SSSR count). The molecule has 0 saturated carbocycles. The molecule has 0 bridgehead atoms. The Morgan fingerprint density at radius 2 is 2.18 bits per heavy atom. The number of anilines is 1. The average molecular weight is 254 g/mol. The molecule has 1 saturated heterocycles. The third-order valence-corrected chi connectivity index (χ3v) is 4.12. The molecule has 0 aliphatic carbocycles. The van der Waals surface area contributed by atoms with Crippen molar-refractivity contribution in [2.24, 2.45) is 11.8 Å².